The van der Waals surface area contributed by atoms with E-state index >= 15 is 0 Å². The number of carbonyl (C=O) groups is 4. The average molecular weight is 428 g/mol. The average Bonchev–Trinajstić information content (AvgIpc) is 3.40. The van der Waals surface area contributed by atoms with Gasteiger partial charge in [-0.2, -0.15) is 0 Å². The molecule has 0 bridgehead atoms. The zero-order valence-corrected chi connectivity index (χ0v) is 17.2. The Bertz CT molecular complexity index is 645. The molecule has 170 valence electrons. The number of nitrogens with one attached hydrogen (secondary N) is 1. The van der Waals surface area contributed by atoms with Gasteiger partial charge in [-0.25, -0.2) is 4.79 Å². The molecule has 0 aromatic rings. The number of nitrogens with zero attached hydrogens (tertiary/aromatic N) is 2. The highest BCUT2D eigenvalue weighted by Gasteiger charge is 2.43. The Balaban J connectivity index is 2.03. The number of aliphatic carboxylic acids is 1. The number of hydrogen-bond donors (Lipinski definition) is 5. The molecule has 2 heterocycles. The zero-order valence-electron chi connectivity index (χ0n) is 17.2. The van der Waals surface area contributed by atoms with Crippen LogP contribution in [0.2, 0.25) is 0 Å². The molecule has 2 aliphatic rings. The Kier molecular flexibility index (Phi) is 9.00. The number of likely N-dealkylation sites (tertiary alicyclic amines) is 2. The van der Waals surface area contributed by atoms with E-state index in [1.165, 1.54) is 9.80 Å². The van der Waals surface area contributed by atoms with E-state index in [9.17, 15) is 19.2 Å². The summed E-state index contributed by atoms with van der Waals surface area (Å²) >= 11 is 0. The molecule has 2 aliphatic heterocycles. The topological polar surface area (TPSA) is 179 Å². The van der Waals surface area contributed by atoms with Crippen molar-refractivity contribution in [3.05, 3.63) is 0 Å². The predicted octanol–water partition coefficient (Wildman–Crippen LogP) is -2.01. The number of carbonyl (C=O) groups excluding carboxylic acids is 3. The summed E-state index contributed by atoms with van der Waals surface area (Å²) in [5, 5.41) is 20.4. The molecule has 2 saturated heterocycles. The molecule has 0 saturated carbocycles. The van der Waals surface area contributed by atoms with Gasteiger partial charge >= 0.3 is 5.97 Å². The first-order chi connectivity index (χ1) is 14.3. The number of hydrogen-bond acceptors (Lipinski definition) is 7. The van der Waals surface area contributed by atoms with Gasteiger partial charge in [-0.1, -0.05) is 6.42 Å². The second kappa shape index (κ2) is 11.2. The first-order valence-corrected chi connectivity index (χ1v) is 10.5. The van der Waals surface area contributed by atoms with Crippen molar-refractivity contribution < 1.29 is 29.4 Å². The number of aliphatic hydroxyl groups is 1. The van der Waals surface area contributed by atoms with Crippen molar-refractivity contribution in [1.82, 2.24) is 15.1 Å². The van der Waals surface area contributed by atoms with Crippen LogP contribution >= 0.6 is 0 Å². The summed E-state index contributed by atoms with van der Waals surface area (Å²) in [6.45, 7) is 0.586. The number of unbranched alkanes of at least 4 members (excludes halogenated alkanes) is 1. The number of aliphatic hydroxyl groups excluding tert-OH is 1. The molecule has 2 rings (SSSR count). The van der Waals surface area contributed by atoms with Gasteiger partial charge in [-0.15, -0.1) is 0 Å². The quantitative estimate of drug-likeness (QED) is 0.248. The summed E-state index contributed by atoms with van der Waals surface area (Å²) < 4.78 is 0. The Hall–Kier alpha value is -2.24. The lowest BCUT2D eigenvalue weighted by atomic mass is 10.1. The summed E-state index contributed by atoms with van der Waals surface area (Å²) in [4.78, 5) is 52.5. The van der Waals surface area contributed by atoms with Crippen LogP contribution in [-0.2, 0) is 19.2 Å². The number of nitrogens with two attached hydrogens (primary N) is 2. The number of rotatable bonds is 10. The molecule has 3 amide bonds. The van der Waals surface area contributed by atoms with Crippen LogP contribution < -0.4 is 16.8 Å². The van der Waals surface area contributed by atoms with Crippen LogP contribution in [0.4, 0.5) is 0 Å². The van der Waals surface area contributed by atoms with Crippen LogP contribution in [-0.4, -0.2) is 94.1 Å². The van der Waals surface area contributed by atoms with E-state index in [2.05, 4.69) is 5.32 Å². The predicted molar refractivity (Wildman–Crippen MR) is 107 cm³/mol. The molecule has 7 N–H and O–H groups in total. The zero-order chi connectivity index (χ0) is 22.3. The van der Waals surface area contributed by atoms with Crippen molar-refractivity contribution in [2.75, 3.05) is 26.2 Å². The molecule has 0 aromatic heterocycles. The van der Waals surface area contributed by atoms with Crippen molar-refractivity contribution in [3.63, 3.8) is 0 Å². The van der Waals surface area contributed by atoms with Gasteiger partial charge < -0.3 is 36.8 Å². The molecular formula is C19H33N5O6. The fraction of sp³-hybridized carbons (Fsp3) is 0.789. The highest BCUT2D eigenvalue weighted by Crippen LogP contribution is 2.26. The van der Waals surface area contributed by atoms with E-state index in [0.29, 0.717) is 51.7 Å². The molecule has 0 aromatic carbocycles. The van der Waals surface area contributed by atoms with Gasteiger partial charge in [-0.05, 0) is 45.1 Å². The highest BCUT2D eigenvalue weighted by atomic mass is 16.4. The molecule has 11 heteroatoms. The Labute approximate surface area is 175 Å². The smallest absolute Gasteiger partial charge is 0.328 e. The van der Waals surface area contributed by atoms with Crippen molar-refractivity contribution in [3.8, 4) is 0 Å². The van der Waals surface area contributed by atoms with Crippen LogP contribution in [0, 0.1) is 0 Å². The van der Waals surface area contributed by atoms with Crippen molar-refractivity contribution in [2.24, 2.45) is 11.5 Å². The van der Waals surface area contributed by atoms with Gasteiger partial charge in [0.1, 0.15) is 18.1 Å². The second-order valence-corrected chi connectivity index (χ2v) is 7.85. The molecule has 0 aliphatic carbocycles. The van der Waals surface area contributed by atoms with Crippen molar-refractivity contribution in [1.29, 1.82) is 0 Å². The standard InChI is InChI=1S/C19H33N5O6/c20-8-2-1-5-12(21)17(27)24-10-4-7-15(24)18(28)23-9-3-6-14(23)16(26)22-13(11-25)19(29)30/h12-15,25H,1-11,20-21H2,(H,22,26)(H,29,30). The third-order valence-corrected chi connectivity index (χ3v) is 5.74. The highest BCUT2D eigenvalue weighted by molar-refractivity contribution is 5.94. The fourth-order valence-electron chi connectivity index (χ4n) is 4.08. The van der Waals surface area contributed by atoms with Crippen molar-refractivity contribution in [2.45, 2.75) is 69.1 Å². The molecule has 0 radical (unpaired) electrons. The first-order valence-electron chi connectivity index (χ1n) is 10.5. The van der Waals surface area contributed by atoms with Crippen LogP contribution in [0.15, 0.2) is 0 Å². The minimum absolute atomic E-state index is 0.269. The van der Waals surface area contributed by atoms with Gasteiger partial charge in [0.15, 0.2) is 0 Å². The maximum Gasteiger partial charge on any atom is 0.328 e. The lowest BCUT2D eigenvalue weighted by molar-refractivity contribution is -0.148. The third kappa shape index (κ3) is 5.67. The van der Waals surface area contributed by atoms with Crippen LogP contribution in [0.5, 0.6) is 0 Å². The van der Waals surface area contributed by atoms with Gasteiger partial charge in [0.2, 0.25) is 17.7 Å². The molecule has 2 fully saturated rings. The molecule has 11 nitrogen and oxygen atoms in total. The number of carboxylic acids is 1. The summed E-state index contributed by atoms with van der Waals surface area (Å²) in [7, 11) is 0. The summed E-state index contributed by atoms with van der Waals surface area (Å²) in [6.07, 6.45) is 4.18. The van der Waals surface area contributed by atoms with Crippen molar-refractivity contribution >= 4 is 23.7 Å². The SMILES string of the molecule is NCCCCC(N)C(=O)N1CCCC1C(=O)N1CCCC1C(=O)NC(CO)C(=O)O. The van der Waals surface area contributed by atoms with E-state index in [4.69, 9.17) is 21.7 Å². The minimum Gasteiger partial charge on any atom is -0.480 e. The third-order valence-electron chi connectivity index (χ3n) is 5.74. The molecule has 30 heavy (non-hydrogen) atoms. The molecule has 4 unspecified atom stereocenters. The van der Waals surface area contributed by atoms with E-state index in [0.717, 1.165) is 12.8 Å². The Morgan fingerprint density at radius 2 is 1.67 bits per heavy atom. The largest absolute Gasteiger partial charge is 0.480 e. The first kappa shape index (κ1) is 24.0. The van der Waals surface area contributed by atoms with E-state index < -0.39 is 42.7 Å². The fourth-order valence-corrected chi connectivity index (χ4v) is 4.08. The molecule has 4 atom stereocenters. The van der Waals surface area contributed by atoms with Gasteiger partial charge in [0.25, 0.3) is 0 Å². The van der Waals surface area contributed by atoms with E-state index in [-0.39, 0.29) is 11.8 Å². The van der Waals surface area contributed by atoms with Gasteiger partial charge in [0, 0.05) is 13.1 Å². The monoisotopic (exact) mass is 427 g/mol. The van der Waals surface area contributed by atoms with Crippen LogP contribution in [0.25, 0.3) is 0 Å². The van der Waals surface area contributed by atoms with Gasteiger partial charge in [-0.3, -0.25) is 14.4 Å². The number of amides is 3. The number of carboxylic acid groups (broad SMARTS) is 1. The second-order valence-electron chi connectivity index (χ2n) is 7.85. The Morgan fingerprint density at radius 1 is 1.03 bits per heavy atom. The maximum atomic E-state index is 13.2. The molecule has 0 spiro atoms. The van der Waals surface area contributed by atoms with Crippen LogP contribution in [0.3, 0.4) is 0 Å². The van der Waals surface area contributed by atoms with E-state index in [1.807, 2.05) is 0 Å². The Morgan fingerprint density at radius 3 is 2.27 bits per heavy atom. The summed E-state index contributed by atoms with van der Waals surface area (Å²) in [5.41, 5.74) is 11.5. The van der Waals surface area contributed by atoms with E-state index in [1.54, 1.807) is 0 Å². The lowest BCUT2D eigenvalue weighted by Gasteiger charge is -2.32. The minimum atomic E-state index is -1.42. The summed E-state index contributed by atoms with van der Waals surface area (Å²) in [5.74, 6) is -2.55. The lowest BCUT2D eigenvalue weighted by Crippen LogP contribution is -2.56. The molecular weight excluding hydrogens is 394 g/mol. The van der Waals surface area contributed by atoms with Crippen LogP contribution in [0.1, 0.15) is 44.9 Å². The van der Waals surface area contributed by atoms with Gasteiger partial charge in [0.05, 0.1) is 12.6 Å². The normalized spacial score (nSPS) is 23.3. The maximum absolute atomic E-state index is 13.2. The summed E-state index contributed by atoms with van der Waals surface area (Å²) in [6, 6.07) is -3.60.